The molecule has 0 saturated carbocycles. The van der Waals surface area contributed by atoms with Gasteiger partial charge in [0.2, 0.25) is 10.0 Å². The molecule has 2 aromatic rings. The Hall–Kier alpha value is -1.79. The van der Waals surface area contributed by atoms with Gasteiger partial charge in [0.1, 0.15) is 5.82 Å². The molecule has 0 aliphatic rings. The predicted octanol–water partition coefficient (Wildman–Crippen LogP) is 2.44. The van der Waals surface area contributed by atoms with Crippen LogP contribution in [0.1, 0.15) is 17.5 Å². The fourth-order valence-electron chi connectivity index (χ4n) is 1.91. The minimum Gasteiger partial charge on any atom is -0.264 e. The number of aryl methyl sites for hydroxylation is 2. The van der Waals surface area contributed by atoms with Gasteiger partial charge in [0, 0.05) is 18.9 Å². The Morgan fingerprint density at radius 2 is 2.10 bits per heavy atom. The van der Waals surface area contributed by atoms with E-state index in [-0.39, 0.29) is 4.90 Å². The van der Waals surface area contributed by atoms with E-state index in [9.17, 15) is 12.8 Å². The number of hydrogen-bond acceptors (Lipinski definition) is 3. The summed E-state index contributed by atoms with van der Waals surface area (Å²) in [6.07, 6.45) is 4.88. The SMILES string of the molecule is Cc1cc(S(=O)(=O)NCCCc2cccnc2)ccc1F. The second kappa shape index (κ2) is 6.78. The summed E-state index contributed by atoms with van der Waals surface area (Å²) in [7, 11) is -3.59. The average molecular weight is 308 g/mol. The zero-order valence-corrected chi connectivity index (χ0v) is 12.5. The lowest BCUT2D eigenvalue weighted by Gasteiger charge is -2.08. The molecular weight excluding hydrogens is 291 g/mol. The molecule has 6 heteroatoms. The van der Waals surface area contributed by atoms with Gasteiger partial charge in [-0.25, -0.2) is 17.5 Å². The number of rotatable bonds is 6. The van der Waals surface area contributed by atoms with Crippen LogP contribution in [0.15, 0.2) is 47.6 Å². The van der Waals surface area contributed by atoms with E-state index in [1.54, 1.807) is 12.4 Å². The molecule has 0 radical (unpaired) electrons. The summed E-state index contributed by atoms with van der Waals surface area (Å²) in [4.78, 5) is 4.09. The smallest absolute Gasteiger partial charge is 0.240 e. The fourth-order valence-corrected chi connectivity index (χ4v) is 3.07. The quantitative estimate of drug-likeness (QED) is 0.834. The molecular formula is C15H17FN2O2S. The Morgan fingerprint density at radius 3 is 2.76 bits per heavy atom. The van der Waals surface area contributed by atoms with Crippen LogP contribution in [0.25, 0.3) is 0 Å². The number of hydrogen-bond donors (Lipinski definition) is 1. The number of sulfonamides is 1. The molecule has 0 atom stereocenters. The number of benzene rings is 1. The van der Waals surface area contributed by atoms with Crippen molar-refractivity contribution >= 4 is 10.0 Å². The van der Waals surface area contributed by atoms with Crippen molar-refractivity contribution in [2.45, 2.75) is 24.7 Å². The predicted molar refractivity (Wildman–Crippen MR) is 78.9 cm³/mol. The van der Waals surface area contributed by atoms with Crippen LogP contribution in [0.3, 0.4) is 0 Å². The van der Waals surface area contributed by atoms with E-state index < -0.39 is 15.8 Å². The van der Waals surface area contributed by atoms with Gasteiger partial charge < -0.3 is 0 Å². The maximum atomic E-state index is 13.2. The lowest BCUT2D eigenvalue weighted by atomic mass is 10.2. The molecule has 112 valence electrons. The molecule has 4 nitrogen and oxygen atoms in total. The van der Waals surface area contributed by atoms with Crippen molar-refractivity contribution in [1.29, 1.82) is 0 Å². The van der Waals surface area contributed by atoms with Crippen molar-refractivity contribution in [1.82, 2.24) is 9.71 Å². The van der Waals surface area contributed by atoms with Crippen LogP contribution in [-0.4, -0.2) is 19.9 Å². The van der Waals surface area contributed by atoms with Crippen LogP contribution in [-0.2, 0) is 16.4 Å². The van der Waals surface area contributed by atoms with Gasteiger partial charge in [-0.05, 0) is 55.2 Å². The van der Waals surface area contributed by atoms with E-state index in [1.807, 2.05) is 12.1 Å². The Morgan fingerprint density at radius 1 is 1.29 bits per heavy atom. The summed E-state index contributed by atoms with van der Waals surface area (Å²) in [5.41, 5.74) is 1.38. The Kier molecular flexibility index (Phi) is 5.03. The minimum absolute atomic E-state index is 0.0859. The zero-order chi connectivity index (χ0) is 15.3. The van der Waals surface area contributed by atoms with Gasteiger partial charge in [-0.2, -0.15) is 0 Å². The summed E-state index contributed by atoms with van der Waals surface area (Å²) in [6.45, 7) is 1.87. The standard InChI is InChI=1S/C15H17FN2O2S/c1-12-10-14(6-7-15(12)16)21(19,20)18-9-3-5-13-4-2-8-17-11-13/h2,4,6-8,10-11,18H,3,5,9H2,1H3. The zero-order valence-electron chi connectivity index (χ0n) is 11.7. The van der Waals surface area contributed by atoms with Gasteiger partial charge in [-0.1, -0.05) is 6.07 Å². The van der Waals surface area contributed by atoms with E-state index in [4.69, 9.17) is 0 Å². The highest BCUT2D eigenvalue weighted by atomic mass is 32.2. The highest BCUT2D eigenvalue weighted by molar-refractivity contribution is 7.89. The first-order chi connectivity index (χ1) is 9.99. The van der Waals surface area contributed by atoms with E-state index >= 15 is 0 Å². The molecule has 0 amide bonds. The summed E-state index contributed by atoms with van der Waals surface area (Å²) < 4.78 is 39.8. The van der Waals surface area contributed by atoms with Crippen LogP contribution >= 0.6 is 0 Å². The highest BCUT2D eigenvalue weighted by Crippen LogP contribution is 2.14. The Labute approximate surface area is 124 Å². The van der Waals surface area contributed by atoms with Crippen molar-refractivity contribution in [3.8, 4) is 0 Å². The first-order valence-corrected chi connectivity index (χ1v) is 8.12. The number of nitrogens with zero attached hydrogens (tertiary/aromatic N) is 1. The highest BCUT2D eigenvalue weighted by Gasteiger charge is 2.14. The van der Waals surface area contributed by atoms with E-state index in [2.05, 4.69) is 9.71 Å². The lowest BCUT2D eigenvalue weighted by molar-refractivity contribution is 0.577. The second-order valence-electron chi connectivity index (χ2n) is 4.77. The molecule has 1 aromatic carbocycles. The number of pyridine rings is 1. The molecule has 0 saturated heterocycles. The molecule has 1 N–H and O–H groups in total. The third kappa shape index (κ3) is 4.34. The maximum absolute atomic E-state index is 13.2. The third-order valence-electron chi connectivity index (χ3n) is 3.10. The molecule has 0 unspecified atom stereocenters. The molecule has 2 rings (SSSR count). The van der Waals surface area contributed by atoms with Gasteiger partial charge in [-0.3, -0.25) is 4.98 Å². The Bertz CT molecular complexity index is 703. The van der Waals surface area contributed by atoms with Gasteiger partial charge in [-0.15, -0.1) is 0 Å². The second-order valence-corrected chi connectivity index (χ2v) is 6.54. The molecule has 0 aliphatic heterocycles. The molecule has 1 aromatic heterocycles. The molecule has 0 fully saturated rings. The van der Waals surface area contributed by atoms with Crippen LogP contribution < -0.4 is 4.72 Å². The Balaban J connectivity index is 1.91. The third-order valence-corrected chi connectivity index (χ3v) is 4.56. The van der Waals surface area contributed by atoms with E-state index in [0.717, 1.165) is 12.0 Å². The lowest BCUT2D eigenvalue weighted by Crippen LogP contribution is -2.25. The minimum atomic E-state index is -3.59. The monoisotopic (exact) mass is 308 g/mol. The molecule has 0 spiro atoms. The fraction of sp³-hybridized carbons (Fsp3) is 0.267. The van der Waals surface area contributed by atoms with Gasteiger partial charge in [0.15, 0.2) is 0 Å². The van der Waals surface area contributed by atoms with Crippen LogP contribution in [0.4, 0.5) is 4.39 Å². The number of aromatic nitrogens is 1. The van der Waals surface area contributed by atoms with Crippen LogP contribution in [0.5, 0.6) is 0 Å². The average Bonchev–Trinajstić information content (AvgIpc) is 2.47. The summed E-state index contributed by atoms with van der Waals surface area (Å²) in [5, 5.41) is 0. The van der Waals surface area contributed by atoms with Crippen molar-refractivity contribution < 1.29 is 12.8 Å². The maximum Gasteiger partial charge on any atom is 0.240 e. The molecule has 0 bridgehead atoms. The van der Waals surface area contributed by atoms with Crippen LogP contribution in [0.2, 0.25) is 0 Å². The number of nitrogens with one attached hydrogen (secondary N) is 1. The van der Waals surface area contributed by atoms with E-state index in [1.165, 1.54) is 25.1 Å². The van der Waals surface area contributed by atoms with Gasteiger partial charge >= 0.3 is 0 Å². The first-order valence-electron chi connectivity index (χ1n) is 6.64. The normalized spacial score (nSPS) is 11.5. The van der Waals surface area contributed by atoms with Gasteiger partial charge in [0.05, 0.1) is 4.90 Å². The number of halogens is 1. The van der Waals surface area contributed by atoms with Crippen molar-refractivity contribution in [2.75, 3.05) is 6.54 Å². The van der Waals surface area contributed by atoms with Crippen LogP contribution in [0, 0.1) is 12.7 Å². The van der Waals surface area contributed by atoms with Crippen molar-refractivity contribution in [3.63, 3.8) is 0 Å². The van der Waals surface area contributed by atoms with Crippen molar-refractivity contribution in [2.24, 2.45) is 0 Å². The topological polar surface area (TPSA) is 59.1 Å². The summed E-state index contributed by atoms with van der Waals surface area (Å²) in [5.74, 6) is -0.412. The first kappa shape index (κ1) is 15.6. The molecule has 1 heterocycles. The van der Waals surface area contributed by atoms with Gasteiger partial charge in [0.25, 0.3) is 0 Å². The molecule has 21 heavy (non-hydrogen) atoms. The summed E-state index contributed by atoms with van der Waals surface area (Å²) >= 11 is 0. The summed E-state index contributed by atoms with van der Waals surface area (Å²) in [6, 6.07) is 7.57. The molecule has 0 aliphatic carbocycles. The van der Waals surface area contributed by atoms with Crippen molar-refractivity contribution in [3.05, 3.63) is 59.7 Å². The van der Waals surface area contributed by atoms with E-state index in [0.29, 0.717) is 18.5 Å². The largest absolute Gasteiger partial charge is 0.264 e.